The van der Waals surface area contributed by atoms with Gasteiger partial charge in [-0.25, -0.2) is 4.79 Å². The van der Waals surface area contributed by atoms with Crippen LogP contribution in [-0.2, 0) is 11.3 Å². The molecule has 0 spiro atoms. The van der Waals surface area contributed by atoms with Crippen molar-refractivity contribution >= 4 is 22.0 Å². The fraction of sp³-hybridized carbons (Fsp3) is 0.316. The molecule has 6 heteroatoms. The standard InChI is InChI=1S/C19H22BrNO4/c1-4-16(14-10-17(23-2)18(24-3)11-15(14)20)21-19(22)25-12-13-8-6-5-7-9-13/h5-11,16H,4,12H2,1-3H3,(H,21,22)/t16-/m0/s1. The maximum Gasteiger partial charge on any atom is 0.407 e. The van der Waals surface area contributed by atoms with E-state index in [1.165, 1.54) is 0 Å². The van der Waals surface area contributed by atoms with Gasteiger partial charge in [-0.3, -0.25) is 0 Å². The predicted octanol–water partition coefficient (Wildman–Crippen LogP) is 4.84. The minimum atomic E-state index is -0.461. The molecule has 0 aliphatic rings. The average Bonchev–Trinajstić information content (AvgIpc) is 2.65. The molecule has 0 saturated carbocycles. The SMILES string of the molecule is CC[C@H](NC(=O)OCc1ccccc1)c1cc(OC)c(OC)cc1Br. The van der Waals surface area contributed by atoms with Crippen LogP contribution < -0.4 is 14.8 Å². The zero-order chi connectivity index (χ0) is 18.2. The summed E-state index contributed by atoms with van der Waals surface area (Å²) in [6.07, 6.45) is 0.242. The van der Waals surface area contributed by atoms with E-state index in [-0.39, 0.29) is 12.6 Å². The highest BCUT2D eigenvalue weighted by Crippen LogP contribution is 2.36. The molecular weight excluding hydrogens is 386 g/mol. The Morgan fingerprint density at radius 2 is 1.76 bits per heavy atom. The molecule has 0 unspecified atom stereocenters. The number of hydrogen-bond acceptors (Lipinski definition) is 4. The molecule has 0 bridgehead atoms. The summed E-state index contributed by atoms with van der Waals surface area (Å²) < 4.78 is 16.8. The van der Waals surface area contributed by atoms with Crippen LogP contribution in [-0.4, -0.2) is 20.3 Å². The second-order valence-electron chi connectivity index (χ2n) is 5.40. The quantitative estimate of drug-likeness (QED) is 0.712. The Bertz CT molecular complexity index is 706. The van der Waals surface area contributed by atoms with Gasteiger partial charge in [0.15, 0.2) is 11.5 Å². The van der Waals surface area contributed by atoms with E-state index in [1.807, 2.05) is 49.4 Å². The molecule has 0 aliphatic heterocycles. The van der Waals surface area contributed by atoms with E-state index in [1.54, 1.807) is 14.2 Å². The lowest BCUT2D eigenvalue weighted by Gasteiger charge is -2.20. The molecule has 134 valence electrons. The van der Waals surface area contributed by atoms with Crippen molar-refractivity contribution in [3.63, 3.8) is 0 Å². The van der Waals surface area contributed by atoms with Gasteiger partial charge in [-0.1, -0.05) is 53.2 Å². The lowest BCUT2D eigenvalue weighted by molar-refractivity contribution is 0.135. The molecule has 2 aromatic rings. The molecule has 25 heavy (non-hydrogen) atoms. The number of rotatable bonds is 7. The number of benzene rings is 2. The van der Waals surface area contributed by atoms with Crippen molar-refractivity contribution in [3.8, 4) is 11.5 Å². The van der Waals surface area contributed by atoms with Gasteiger partial charge >= 0.3 is 6.09 Å². The minimum absolute atomic E-state index is 0.211. The minimum Gasteiger partial charge on any atom is -0.493 e. The normalized spacial score (nSPS) is 11.5. The number of alkyl carbamates (subject to hydrolysis) is 1. The molecule has 0 aliphatic carbocycles. The van der Waals surface area contributed by atoms with Gasteiger partial charge in [0.05, 0.1) is 20.3 Å². The third-order valence-electron chi connectivity index (χ3n) is 3.79. The van der Waals surface area contributed by atoms with Crippen molar-refractivity contribution in [2.45, 2.75) is 26.0 Å². The maximum absolute atomic E-state index is 12.1. The van der Waals surface area contributed by atoms with Crippen LogP contribution >= 0.6 is 15.9 Å². The van der Waals surface area contributed by atoms with Gasteiger partial charge in [-0.2, -0.15) is 0 Å². The second-order valence-corrected chi connectivity index (χ2v) is 6.25. The number of amides is 1. The Kier molecular flexibility index (Phi) is 7.13. The first-order chi connectivity index (χ1) is 12.1. The van der Waals surface area contributed by atoms with Crippen LogP contribution in [0.5, 0.6) is 11.5 Å². The van der Waals surface area contributed by atoms with E-state index in [0.717, 1.165) is 15.6 Å². The van der Waals surface area contributed by atoms with Crippen molar-refractivity contribution in [1.29, 1.82) is 0 Å². The van der Waals surface area contributed by atoms with Crippen LogP contribution in [0.4, 0.5) is 4.79 Å². The number of halogens is 1. The third kappa shape index (κ3) is 5.13. The molecule has 1 atom stereocenters. The van der Waals surface area contributed by atoms with Crippen LogP contribution in [0, 0.1) is 0 Å². The summed E-state index contributed by atoms with van der Waals surface area (Å²) in [5.41, 5.74) is 1.84. The van der Waals surface area contributed by atoms with Crippen LogP contribution in [0.15, 0.2) is 46.9 Å². The molecular formula is C19H22BrNO4. The number of methoxy groups -OCH3 is 2. The van der Waals surface area contributed by atoms with Gasteiger partial charge in [0.25, 0.3) is 0 Å². The lowest BCUT2D eigenvalue weighted by Crippen LogP contribution is -2.29. The molecule has 5 nitrogen and oxygen atoms in total. The Morgan fingerprint density at radius 1 is 1.12 bits per heavy atom. The maximum atomic E-state index is 12.1. The number of ether oxygens (including phenoxy) is 3. The van der Waals surface area contributed by atoms with Gasteiger partial charge < -0.3 is 19.5 Å². The highest BCUT2D eigenvalue weighted by Gasteiger charge is 2.19. The Morgan fingerprint density at radius 3 is 2.36 bits per heavy atom. The zero-order valence-electron chi connectivity index (χ0n) is 14.5. The van der Waals surface area contributed by atoms with Crippen molar-refractivity contribution in [3.05, 3.63) is 58.1 Å². The van der Waals surface area contributed by atoms with Crippen LogP contribution in [0.1, 0.15) is 30.5 Å². The highest BCUT2D eigenvalue weighted by molar-refractivity contribution is 9.10. The van der Waals surface area contributed by atoms with E-state index >= 15 is 0 Å². The summed E-state index contributed by atoms with van der Waals surface area (Å²) >= 11 is 3.53. The van der Waals surface area contributed by atoms with Gasteiger partial charge in [0.1, 0.15) is 6.61 Å². The smallest absolute Gasteiger partial charge is 0.407 e. The Labute approximate surface area is 156 Å². The van der Waals surface area contributed by atoms with Crippen molar-refractivity contribution in [2.75, 3.05) is 14.2 Å². The molecule has 0 aromatic heterocycles. The first-order valence-corrected chi connectivity index (χ1v) is 8.77. The van der Waals surface area contributed by atoms with E-state index < -0.39 is 6.09 Å². The molecule has 1 N–H and O–H groups in total. The third-order valence-corrected chi connectivity index (χ3v) is 4.48. The first kappa shape index (κ1) is 19.1. The number of hydrogen-bond donors (Lipinski definition) is 1. The molecule has 0 saturated heterocycles. The Hall–Kier alpha value is -2.21. The van der Waals surface area contributed by atoms with Gasteiger partial charge in [0.2, 0.25) is 0 Å². The van der Waals surface area contributed by atoms with E-state index in [4.69, 9.17) is 14.2 Å². The van der Waals surface area contributed by atoms with E-state index in [2.05, 4.69) is 21.2 Å². The highest BCUT2D eigenvalue weighted by atomic mass is 79.9. The molecule has 2 rings (SSSR count). The average molecular weight is 408 g/mol. The molecule has 0 heterocycles. The van der Waals surface area contributed by atoms with Crippen LogP contribution in [0.2, 0.25) is 0 Å². The summed E-state index contributed by atoms with van der Waals surface area (Å²) in [5, 5.41) is 2.90. The van der Waals surface area contributed by atoms with Crippen molar-refractivity contribution in [2.24, 2.45) is 0 Å². The van der Waals surface area contributed by atoms with Crippen molar-refractivity contribution in [1.82, 2.24) is 5.32 Å². The summed E-state index contributed by atoms with van der Waals surface area (Å²) in [5.74, 6) is 1.23. The first-order valence-electron chi connectivity index (χ1n) is 7.97. The van der Waals surface area contributed by atoms with Gasteiger partial charge in [-0.15, -0.1) is 0 Å². The van der Waals surface area contributed by atoms with E-state index in [0.29, 0.717) is 17.9 Å². The summed E-state index contributed by atoms with van der Waals surface area (Å²) in [6, 6.07) is 13.0. The molecule has 0 radical (unpaired) electrons. The topological polar surface area (TPSA) is 56.8 Å². The molecule has 0 fully saturated rings. The van der Waals surface area contributed by atoms with Crippen molar-refractivity contribution < 1.29 is 19.0 Å². The van der Waals surface area contributed by atoms with Gasteiger partial charge in [0, 0.05) is 4.47 Å². The fourth-order valence-electron chi connectivity index (χ4n) is 2.44. The molecule has 2 aromatic carbocycles. The van der Waals surface area contributed by atoms with Crippen LogP contribution in [0.25, 0.3) is 0 Å². The summed E-state index contributed by atoms with van der Waals surface area (Å²) in [6.45, 7) is 2.22. The second kappa shape index (κ2) is 9.32. The Balaban J connectivity index is 2.07. The lowest BCUT2D eigenvalue weighted by atomic mass is 10.0. The zero-order valence-corrected chi connectivity index (χ0v) is 16.1. The summed E-state index contributed by atoms with van der Waals surface area (Å²) in [4.78, 5) is 12.1. The fourth-order valence-corrected chi connectivity index (χ4v) is 3.04. The summed E-state index contributed by atoms with van der Waals surface area (Å²) in [7, 11) is 3.17. The van der Waals surface area contributed by atoms with Crippen LogP contribution in [0.3, 0.4) is 0 Å². The number of carbonyl (C=O) groups is 1. The molecule has 1 amide bonds. The monoisotopic (exact) mass is 407 g/mol. The number of carbonyl (C=O) groups excluding carboxylic acids is 1. The number of nitrogens with one attached hydrogen (secondary N) is 1. The van der Waals surface area contributed by atoms with Gasteiger partial charge in [-0.05, 0) is 29.7 Å². The van der Waals surface area contributed by atoms with E-state index in [9.17, 15) is 4.79 Å². The predicted molar refractivity (Wildman–Crippen MR) is 100 cm³/mol. The largest absolute Gasteiger partial charge is 0.493 e.